The molecule has 0 bridgehead atoms. The molecule has 1 unspecified atom stereocenters. The number of unbranched alkanes of at least 4 members (excludes halogenated alkanes) is 14. The van der Waals surface area contributed by atoms with Crippen LogP contribution in [-0.4, -0.2) is 37.5 Å². The third kappa shape index (κ3) is 20.1. The van der Waals surface area contributed by atoms with Crippen molar-refractivity contribution in [1.29, 1.82) is 0 Å². The van der Waals surface area contributed by atoms with Crippen LogP contribution >= 0.6 is 0 Å². The second kappa shape index (κ2) is 22.5. The van der Waals surface area contributed by atoms with Gasteiger partial charge in [-0.3, -0.25) is 9.59 Å². The molecule has 0 spiro atoms. The van der Waals surface area contributed by atoms with Gasteiger partial charge in [0.1, 0.15) is 0 Å². The fourth-order valence-corrected chi connectivity index (χ4v) is 3.55. The van der Waals surface area contributed by atoms with Gasteiger partial charge in [0.25, 0.3) is 0 Å². The molecule has 0 saturated heterocycles. The van der Waals surface area contributed by atoms with E-state index >= 15 is 0 Å². The van der Waals surface area contributed by atoms with Gasteiger partial charge in [-0.2, -0.15) is 0 Å². The second-order valence-electron chi connectivity index (χ2n) is 8.55. The van der Waals surface area contributed by atoms with E-state index in [1.54, 1.807) is 0 Å². The molecule has 6 heteroatoms. The van der Waals surface area contributed by atoms with E-state index in [4.69, 9.17) is 11.5 Å². The molecule has 0 aliphatic carbocycles. The highest BCUT2D eigenvalue weighted by Gasteiger charge is 2.13. The maximum atomic E-state index is 11.8. The van der Waals surface area contributed by atoms with Gasteiger partial charge in [-0.15, -0.1) is 0 Å². The van der Waals surface area contributed by atoms with Crippen LogP contribution in [0.4, 0.5) is 0 Å². The summed E-state index contributed by atoms with van der Waals surface area (Å²) >= 11 is 0. The van der Waals surface area contributed by atoms with Crippen molar-refractivity contribution in [2.45, 2.75) is 122 Å². The Morgan fingerprint density at radius 1 is 0.700 bits per heavy atom. The number of carbonyl (C=O) groups is 2. The van der Waals surface area contributed by atoms with E-state index in [9.17, 15) is 9.59 Å². The average molecular weight is 427 g/mol. The first kappa shape index (κ1) is 28.9. The summed E-state index contributed by atoms with van der Waals surface area (Å²) in [6, 6.07) is -0.560. The number of hydrogen-bond donors (Lipinski definition) is 4. The molecule has 0 rings (SSSR count). The molecular formula is C24H50N4O2. The summed E-state index contributed by atoms with van der Waals surface area (Å²) < 4.78 is 0. The highest BCUT2D eigenvalue weighted by Crippen LogP contribution is 2.12. The second-order valence-corrected chi connectivity index (χ2v) is 8.55. The topological polar surface area (TPSA) is 110 Å². The molecule has 0 aromatic carbocycles. The van der Waals surface area contributed by atoms with E-state index in [2.05, 4.69) is 17.6 Å². The molecule has 178 valence electrons. The van der Waals surface area contributed by atoms with Crippen molar-refractivity contribution in [3.05, 3.63) is 0 Å². The fourth-order valence-electron chi connectivity index (χ4n) is 3.55. The zero-order chi connectivity index (χ0) is 22.3. The van der Waals surface area contributed by atoms with E-state index in [-0.39, 0.29) is 18.4 Å². The Bertz CT molecular complexity index is 405. The Balaban J connectivity index is 3.34. The fraction of sp³-hybridized carbons (Fsp3) is 0.917. The molecule has 0 radical (unpaired) electrons. The van der Waals surface area contributed by atoms with Crippen LogP contribution in [0.5, 0.6) is 0 Å². The van der Waals surface area contributed by atoms with Crippen LogP contribution in [0.25, 0.3) is 0 Å². The third-order valence-corrected chi connectivity index (χ3v) is 5.58. The number of rotatable bonds is 22. The minimum absolute atomic E-state index is 0.00201. The molecule has 6 nitrogen and oxygen atoms in total. The summed E-state index contributed by atoms with van der Waals surface area (Å²) in [5, 5.41) is 5.47. The number of carbonyl (C=O) groups excluding carboxylic acids is 2. The van der Waals surface area contributed by atoms with Gasteiger partial charge in [0.15, 0.2) is 0 Å². The first-order valence-corrected chi connectivity index (χ1v) is 12.6. The van der Waals surface area contributed by atoms with Crippen molar-refractivity contribution in [2.75, 3.05) is 19.6 Å². The molecule has 0 aromatic rings. The summed E-state index contributed by atoms with van der Waals surface area (Å²) in [5.74, 6) is -0.411. The lowest BCUT2D eigenvalue weighted by atomic mass is 10.0. The van der Waals surface area contributed by atoms with E-state index in [1.807, 2.05) is 0 Å². The predicted molar refractivity (Wildman–Crippen MR) is 127 cm³/mol. The molecule has 0 aromatic heterocycles. The van der Waals surface area contributed by atoms with Crippen LogP contribution in [-0.2, 0) is 9.59 Å². The highest BCUT2D eigenvalue weighted by molar-refractivity contribution is 5.87. The smallest absolute Gasteiger partial charge is 0.239 e. The molecule has 0 saturated carbocycles. The first-order chi connectivity index (χ1) is 14.6. The molecular weight excluding hydrogens is 376 g/mol. The van der Waals surface area contributed by atoms with E-state index in [0.29, 0.717) is 19.5 Å². The van der Waals surface area contributed by atoms with Crippen molar-refractivity contribution < 1.29 is 9.59 Å². The van der Waals surface area contributed by atoms with Gasteiger partial charge in [0, 0.05) is 6.54 Å². The first-order valence-electron chi connectivity index (χ1n) is 12.6. The van der Waals surface area contributed by atoms with Gasteiger partial charge in [-0.1, -0.05) is 96.8 Å². The van der Waals surface area contributed by atoms with Crippen molar-refractivity contribution in [1.82, 2.24) is 10.6 Å². The van der Waals surface area contributed by atoms with Crippen molar-refractivity contribution in [3.8, 4) is 0 Å². The van der Waals surface area contributed by atoms with Gasteiger partial charge in [0.2, 0.25) is 11.8 Å². The van der Waals surface area contributed by atoms with E-state index in [0.717, 1.165) is 25.7 Å². The van der Waals surface area contributed by atoms with Crippen molar-refractivity contribution in [2.24, 2.45) is 11.5 Å². The standard InChI is InChI=1S/C24H50N4O2/c1-2-3-4-5-6-7-8-9-10-11-12-13-14-17-20-27-23(29)21-28-24(30)22(26)18-15-16-19-25/h22H,2-21,25-26H2,1H3,(H,27,29)(H,28,30). The van der Waals surface area contributed by atoms with Gasteiger partial charge >= 0.3 is 0 Å². The summed E-state index contributed by atoms with van der Waals surface area (Å²) in [4.78, 5) is 23.6. The monoisotopic (exact) mass is 426 g/mol. The van der Waals surface area contributed by atoms with Crippen molar-refractivity contribution >= 4 is 11.8 Å². The molecule has 6 N–H and O–H groups in total. The van der Waals surface area contributed by atoms with Crippen LogP contribution in [0.1, 0.15) is 116 Å². The lowest BCUT2D eigenvalue weighted by Gasteiger charge is -2.12. The Kier molecular flexibility index (Phi) is 21.7. The SMILES string of the molecule is CCCCCCCCCCCCCCCCNC(=O)CNC(=O)C(N)CCCCN. The number of nitrogens with two attached hydrogens (primary N) is 2. The largest absolute Gasteiger partial charge is 0.355 e. The van der Waals surface area contributed by atoms with E-state index in [1.165, 1.54) is 77.0 Å². The number of hydrogen-bond acceptors (Lipinski definition) is 4. The molecule has 0 aliphatic heterocycles. The molecule has 1 atom stereocenters. The maximum Gasteiger partial charge on any atom is 0.239 e. The highest BCUT2D eigenvalue weighted by atomic mass is 16.2. The van der Waals surface area contributed by atoms with Crippen LogP contribution in [0.3, 0.4) is 0 Å². The Morgan fingerprint density at radius 2 is 1.20 bits per heavy atom. The van der Waals surface area contributed by atoms with Gasteiger partial charge in [-0.25, -0.2) is 0 Å². The summed E-state index contributed by atoms with van der Waals surface area (Å²) in [7, 11) is 0. The van der Waals surface area contributed by atoms with Gasteiger partial charge < -0.3 is 22.1 Å². The predicted octanol–water partition coefficient (Wildman–Crippen LogP) is 4.16. The van der Waals surface area contributed by atoms with E-state index < -0.39 is 6.04 Å². The Morgan fingerprint density at radius 3 is 1.70 bits per heavy atom. The lowest BCUT2D eigenvalue weighted by molar-refractivity contribution is -0.126. The van der Waals surface area contributed by atoms with Crippen LogP contribution in [0.2, 0.25) is 0 Å². The van der Waals surface area contributed by atoms with Crippen LogP contribution in [0.15, 0.2) is 0 Å². The molecule has 0 fully saturated rings. The summed E-state index contributed by atoms with van der Waals surface area (Å²) in [6.07, 6.45) is 20.8. The minimum Gasteiger partial charge on any atom is -0.355 e. The van der Waals surface area contributed by atoms with Crippen LogP contribution in [0, 0.1) is 0 Å². The summed E-state index contributed by atoms with van der Waals surface area (Å²) in [5.41, 5.74) is 11.2. The summed E-state index contributed by atoms with van der Waals surface area (Å²) in [6.45, 7) is 3.55. The zero-order valence-electron chi connectivity index (χ0n) is 19.7. The molecule has 0 heterocycles. The minimum atomic E-state index is -0.560. The van der Waals surface area contributed by atoms with Gasteiger partial charge in [0.05, 0.1) is 12.6 Å². The Hall–Kier alpha value is -1.14. The number of nitrogens with one attached hydrogen (secondary N) is 2. The van der Waals surface area contributed by atoms with Gasteiger partial charge in [-0.05, 0) is 25.8 Å². The van der Waals surface area contributed by atoms with Crippen molar-refractivity contribution in [3.63, 3.8) is 0 Å². The average Bonchev–Trinajstić information content (AvgIpc) is 2.74. The lowest BCUT2D eigenvalue weighted by Crippen LogP contribution is -2.45. The molecule has 30 heavy (non-hydrogen) atoms. The van der Waals surface area contributed by atoms with Crippen LogP contribution < -0.4 is 22.1 Å². The zero-order valence-corrected chi connectivity index (χ0v) is 19.7. The number of amides is 2. The molecule has 0 aliphatic rings. The molecule has 2 amide bonds. The third-order valence-electron chi connectivity index (χ3n) is 5.58. The Labute approximate surface area is 185 Å². The maximum absolute atomic E-state index is 11.8. The normalized spacial score (nSPS) is 12.0. The quantitative estimate of drug-likeness (QED) is 0.195.